The molecule has 0 fully saturated rings. The highest BCUT2D eigenvalue weighted by atomic mass is 32.2. The highest BCUT2D eigenvalue weighted by molar-refractivity contribution is 7.99. The molecule has 1 aromatic rings. The van der Waals surface area contributed by atoms with Crippen LogP contribution < -0.4 is 10.6 Å². The molecule has 0 bridgehead atoms. The van der Waals surface area contributed by atoms with E-state index in [1.54, 1.807) is 40.1 Å². The second-order valence-corrected chi connectivity index (χ2v) is 6.33. The van der Waals surface area contributed by atoms with E-state index in [9.17, 15) is 9.59 Å². The van der Waals surface area contributed by atoms with Crippen LogP contribution in [0.1, 0.15) is 26.3 Å². The zero-order valence-electron chi connectivity index (χ0n) is 12.7. The lowest BCUT2D eigenvalue weighted by molar-refractivity contribution is -0.118. The van der Waals surface area contributed by atoms with E-state index in [-0.39, 0.29) is 5.91 Å². The van der Waals surface area contributed by atoms with Crippen molar-refractivity contribution in [2.75, 3.05) is 18.1 Å². The predicted molar refractivity (Wildman–Crippen MR) is 84.3 cm³/mol. The Balaban J connectivity index is 2.52. The third-order valence-electron chi connectivity index (χ3n) is 2.23. The molecule has 0 unspecified atom stereocenters. The number of amides is 2. The minimum Gasteiger partial charge on any atom is -0.444 e. The maximum absolute atomic E-state index is 11.7. The summed E-state index contributed by atoms with van der Waals surface area (Å²) < 4.78 is 5.16. The van der Waals surface area contributed by atoms with Crippen molar-refractivity contribution in [1.29, 1.82) is 0 Å². The lowest BCUT2D eigenvalue weighted by atomic mass is 10.2. The number of rotatable bonds is 5. The molecule has 116 valence electrons. The molecule has 0 aliphatic rings. The van der Waals surface area contributed by atoms with Gasteiger partial charge in [-0.15, -0.1) is 11.8 Å². The fourth-order valence-corrected chi connectivity index (χ4v) is 2.22. The third-order valence-corrected chi connectivity index (χ3v) is 3.24. The van der Waals surface area contributed by atoms with Gasteiger partial charge in [0.1, 0.15) is 11.4 Å². The van der Waals surface area contributed by atoms with Crippen LogP contribution in [-0.4, -0.2) is 35.4 Å². The maximum atomic E-state index is 11.7. The molecule has 0 saturated carbocycles. The van der Waals surface area contributed by atoms with Crippen LogP contribution in [0.4, 0.5) is 10.6 Å². The van der Waals surface area contributed by atoms with E-state index in [4.69, 9.17) is 4.74 Å². The number of nitrogens with zero attached hydrogens (tertiary/aromatic N) is 1. The molecule has 7 heteroatoms. The molecule has 2 N–H and O–H groups in total. The van der Waals surface area contributed by atoms with Gasteiger partial charge in [-0.2, -0.15) is 0 Å². The van der Waals surface area contributed by atoms with Crippen LogP contribution in [0.25, 0.3) is 0 Å². The summed E-state index contributed by atoms with van der Waals surface area (Å²) in [5.41, 5.74) is 0.426. The first-order valence-corrected chi connectivity index (χ1v) is 7.69. The Hall–Kier alpha value is -1.76. The number of hydrogen-bond acceptors (Lipinski definition) is 5. The number of carbonyl (C=O) groups is 2. The van der Waals surface area contributed by atoms with Gasteiger partial charge >= 0.3 is 6.09 Å². The van der Waals surface area contributed by atoms with E-state index in [0.717, 1.165) is 5.56 Å². The summed E-state index contributed by atoms with van der Waals surface area (Å²) in [6.07, 6.45) is 1.08. The van der Waals surface area contributed by atoms with Crippen molar-refractivity contribution < 1.29 is 14.3 Å². The Morgan fingerprint density at radius 3 is 2.71 bits per heavy atom. The molecule has 6 nitrogen and oxygen atoms in total. The molecule has 0 atom stereocenters. The normalized spacial score (nSPS) is 10.9. The molecule has 21 heavy (non-hydrogen) atoms. The van der Waals surface area contributed by atoms with Crippen LogP contribution in [0.15, 0.2) is 18.3 Å². The van der Waals surface area contributed by atoms with Gasteiger partial charge in [0, 0.05) is 19.0 Å². The van der Waals surface area contributed by atoms with E-state index in [1.807, 2.05) is 6.07 Å². The van der Waals surface area contributed by atoms with Crippen LogP contribution in [0.5, 0.6) is 0 Å². The maximum Gasteiger partial charge on any atom is 0.413 e. The van der Waals surface area contributed by atoms with Crippen molar-refractivity contribution in [2.24, 2.45) is 0 Å². The molecule has 0 radical (unpaired) electrons. The Kier molecular flexibility index (Phi) is 6.48. The van der Waals surface area contributed by atoms with Crippen LogP contribution in [0.2, 0.25) is 0 Å². The second-order valence-electron chi connectivity index (χ2n) is 5.34. The average molecular weight is 311 g/mol. The van der Waals surface area contributed by atoms with Gasteiger partial charge in [0.25, 0.3) is 0 Å². The molecular weight excluding hydrogens is 290 g/mol. The van der Waals surface area contributed by atoms with E-state index in [0.29, 0.717) is 17.3 Å². The number of aromatic nitrogens is 1. The summed E-state index contributed by atoms with van der Waals surface area (Å²) in [6.45, 7) is 5.39. The van der Waals surface area contributed by atoms with Crippen molar-refractivity contribution in [1.82, 2.24) is 10.3 Å². The number of ether oxygens (including phenoxy) is 1. The predicted octanol–water partition coefficient (Wildman–Crippen LogP) is 2.41. The molecule has 0 aliphatic carbocycles. The highest BCUT2D eigenvalue weighted by Crippen LogP contribution is 2.15. The number of anilines is 1. The molecule has 0 spiro atoms. The van der Waals surface area contributed by atoms with E-state index in [1.165, 1.54) is 11.8 Å². The second kappa shape index (κ2) is 7.87. The summed E-state index contributed by atoms with van der Waals surface area (Å²) in [5, 5.41) is 5.15. The first-order valence-electron chi connectivity index (χ1n) is 6.53. The first-order chi connectivity index (χ1) is 9.80. The van der Waals surface area contributed by atoms with Crippen molar-refractivity contribution in [3.05, 3.63) is 23.9 Å². The van der Waals surface area contributed by atoms with Crippen LogP contribution in [-0.2, 0) is 15.3 Å². The molecule has 1 heterocycles. The number of pyridine rings is 1. The molecular formula is C14H21N3O3S. The number of nitrogens with one attached hydrogen (secondary N) is 2. The number of hydrogen-bond donors (Lipinski definition) is 2. The first kappa shape index (κ1) is 17.3. The summed E-state index contributed by atoms with van der Waals surface area (Å²) in [6, 6.07) is 3.61. The zero-order chi connectivity index (χ0) is 15.9. The fourth-order valence-electron chi connectivity index (χ4n) is 1.37. The van der Waals surface area contributed by atoms with Gasteiger partial charge in [0.2, 0.25) is 5.91 Å². The average Bonchev–Trinajstić information content (AvgIpc) is 2.36. The minimum absolute atomic E-state index is 0.0128. The quantitative estimate of drug-likeness (QED) is 0.873. The number of thioether (sulfide) groups is 1. The molecule has 1 rings (SSSR count). The van der Waals surface area contributed by atoms with Crippen molar-refractivity contribution in [2.45, 2.75) is 32.1 Å². The largest absolute Gasteiger partial charge is 0.444 e. The van der Waals surface area contributed by atoms with Crippen LogP contribution >= 0.6 is 11.8 Å². The summed E-state index contributed by atoms with van der Waals surface area (Å²) >= 11 is 1.49. The van der Waals surface area contributed by atoms with E-state index >= 15 is 0 Å². The standard InChI is InChI=1S/C14H21N3O3S/c1-14(2,3)20-13(19)17-11-7-10(5-6-16-11)8-21-9-12(18)15-4/h5-7H,8-9H2,1-4H3,(H,15,18)(H,16,17,19). The Morgan fingerprint density at radius 1 is 1.38 bits per heavy atom. The van der Waals surface area contributed by atoms with Crippen LogP contribution in [0, 0.1) is 0 Å². The monoisotopic (exact) mass is 311 g/mol. The topological polar surface area (TPSA) is 80.3 Å². The molecule has 0 aromatic carbocycles. The van der Waals surface area contributed by atoms with Gasteiger partial charge < -0.3 is 10.1 Å². The molecule has 1 aromatic heterocycles. The smallest absolute Gasteiger partial charge is 0.413 e. The van der Waals surface area contributed by atoms with Gasteiger partial charge in [-0.25, -0.2) is 9.78 Å². The third kappa shape index (κ3) is 7.55. The Labute approximate surface area is 129 Å². The summed E-state index contributed by atoms with van der Waals surface area (Å²) in [4.78, 5) is 26.8. The van der Waals surface area contributed by atoms with Crippen LogP contribution in [0.3, 0.4) is 0 Å². The van der Waals surface area contributed by atoms with Crippen molar-refractivity contribution >= 4 is 29.6 Å². The Morgan fingerprint density at radius 2 is 2.10 bits per heavy atom. The van der Waals surface area contributed by atoms with Gasteiger partial charge in [-0.3, -0.25) is 10.1 Å². The summed E-state index contributed by atoms with van der Waals surface area (Å²) in [5.74, 6) is 1.48. The zero-order valence-corrected chi connectivity index (χ0v) is 13.5. The number of carbonyl (C=O) groups excluding carboxylic acids is 2. The molecule has 2 amide bonds. The minimum atomic E-state index is -0.551. The van der Waals surface area contributed by atoms with E-state index in [2.05, 4.69) is 15.6 Å². The van der Waals surface area contributed by atoms with Crippen molar-refractivity contribution in [3.63, 3.8) is 0 Å². The van der Waals surface area contributed by atoms with E-state index < -0.39 is 11.7 Å². The van der Waals surface area contributed by atoms with Gasteiger partial charge in [-0.05, 0) is 38.5 Å². The van der Waals surface area contributed by atoms with Gasteiger partial charge in [-0.1, -0.05) is 0 Å². The van der Waals surface area contributed by atoms with Crippen molar-refractivity contribution in [3.8, 4) is 0 Å². The lowest BCUT2D eigenvalue weighted by Gasteiger charge is -2.19. The summed E-state index contributed by atoms with van der Waals surface area (Å²) in [7, 11) is 1.61. The lowest BCUT2D eigenvalue weighted by Crippen LogP contribution is -2.27. The highest BCUT2D eigenvalue weighted by Gasteiger charge is 2.16. The van der Waals surface area contributed by atoms with Gasteiger partial charge in [0.15, 0.2) is 0 Å². The SMILES string of the molecule is CNC(=O)CSCc1ccnc(NC(=O)OC(C)(C)C)c1. The molecule has 0 saturated heterocycles. The van der Waals surface area contributed by atoms with Gasteiger partial charge in [0.05, 0.1) is 5.75 Å². The Bertz CT molecular complexity index is 500. The fraction of sp³-hybridized carbons (Fsp3) is 0.500. The molecule has 0 aliphatic heterocycles.